The van der Waals surface area contributed by atoms with Crippen LogP contribution in [-0.2, 0) is 6.42 Å². The fourth-order valence-corrected chi connectivity index (χ4v) is 4.49. The van der Waals surface area contributed by atoms with E-state index in [1.807, 2.05) is 0 Å². The van der Waals surface area contributed by atoms with Crippen LogP contribution in [0.15, 0.2) is 24.3 Å². The number of rotatable bonds is 2. The molecule has 2 atom stereocenters. The molecule has 25 heavy (non-hydrogen) atoms. The number of hydrogen-bond donors (Lipinski definition) is 0. The lowest BCUT2D eigenvalue weighted by atomic mass is 9.84. The van der Waals surface area contributed by atoms with Gasteiger partial charge in [-0.05, 0) is 60.0 Å². The number of likely N-dealkylation sites (N-methyl/N-ethyl adjacent to an activating group) is 1. The summed E-state index contributed by atoms with van der Waals surface area (Å²) in [4.78, 5) is 2.44. The van der Waals surface area contributed by atoms with Gasteiger partial charge in [0, 0.05) is 18.5 Å². The van der Waals surface area contributed by atoms with Crippen molar-refractivity contribution in [3.63, 3.8) is 0 Å². The average Bonchev–Trinajstić information content (AvgIpc) is 2.99. The van der Waals surface area contributed by atoms with E-state index in [1.54, 1.807) is 14.2 Å². The maximum Gasteiger partial charge on any atom is 0.231 e. The van der Waals surface area contributed by atoms with Crippen molar-refractivity contribution in [2.75, 3.05) is 34.6 Å². The molecule has 0 fully saturated rings. The molecule has 0 spiro atoms. The highest BCUT2D eigenvalue weighted by Gasteiger charge is 2.39. The van der Waals surface area contributed by atoms with E-state index < -0.39 is 0 Å². The third-order valence-corrected chi connectivity index (χ3v) is 5.75. The average molecular weight is 339 g/mol. The second-order valence-corrected chi connectivity index (χ2v) is 6.95. The molecule has 2 aromatic rings. The van der Waals surface area contributed by atoms with E-state index in [0.717, 1.165) is 36.0 Å². The van der Waals surface area contributed by atoms with Crippen LogP contribution in [-0.4, -0.2) is 39.5 Å². The highest BCUT2D eigenvalue weighted by molar-refractivity contribution is 5.59. The summed E-state index contributed by atoms with van der Waals surface area (Å²) in [5.41, 5.74) is 5.34. The van der Waals surface area contributed by atoms with Crippen LogP contribution < -0.4 is 18.9 Å². The Morgan fingerprint density at radius 1 is 0.920 bits per heavy atom. The van der Waals surface area contributed by atoms with Crippen molar-refractivity contribution in [1.29, 1.82) is 0 Å². The van der Waals surface area contributed by atoms with Crippen molar-refractivity contribution in [1.82, 2.24) is 4.90 Å². The fourth-order valence-electron chi connectivity index (χ4n) is 4.49. The Hall–Kier alpha value is -2.40. The summed E-state index contributed by atoms with van der Waals surface area (Å²) < 4.78 is 22.3. The van der Waals surface area contributed by atoms with Gasteiger partial charge in [0.25, 0.3) is 0 Å². The van der Waals surface area contributed by atoms with Gasteiger partial charge in [0.15, 0.2) is 23.0 Å². The molecule has 0 radical (unpaired) electrons. The second-order valence-electron chi connectivity index (χ2n) is 6.95. The summed E-state index contributed by atoms with van der Waals surface area (Å²) >= 11 is 0. The third-order valence-electron chi connectivity index (χ3n) is 5.75. The summed E-state index contributed by atoms with van der Waals surface area (Å²) in [6.45, 7) is 1.30. The molecule has 0 aromatic heterocycles. The number of ether oxygens (including phenoxy) is 4. The van der Waals surface area contributed by atoms with E-state index in [-0.39, 0.29) is 0 Å². The lowest BCUT2D eigenvalue weighted by Crippen LogP contribution is -2.33. The zero-order valence-corrected chi connectivity index (χ0v) is 14.7. The Bertz CT molecular complexity index is 863. The van der Waals surface area contributed by atoms with E-state index >= 15 is 0 Å². The summed E-state index contributed by atoms with van der Waals surface area (Å²) in [7, 11) is 5.58. The Balaban J connectivity index is 1.73. The molecule has 0 saturated carbocycles. The zero-order chi connectivity index (χ0) is 17.1. The highest BCUT2D eigenvalue weighted by Crippen LogP contribution is 2.51. The molecule has 2 bridgehead atoms. The van der Waals surface area contributed by atoms with E-state index in [1.165, 1.54) is 22.3 Å². The largest absolute Gasteiger partial charge is 0.493 e. The van der Waals surface area contributed by atoms with Crippen molar-refractivity contribution in [3.8, 4) is 23.0 Å². The van der Waals surface area contributed by atoms with Crippen LogP contribution in [0, 0.1) is 0 Å². The number of benzene rings is 2. The molecule has 2 aromatic carbocycles. The molecule has 6 rings (SSSR count). The Morgan fingerprint density at radius 3 is 2.32 bits per heavy atom. The maximum atomic E-state index is 5.63. The lowest BCUT2D eigenvalue weighted by Gasteiger charge is -2.36. The molecular weight excluding hydrogens is 318 g/mol. The van der Waals surface area contributed by atoms with Crippen LogP contribution in [0.5, 0.6) is 23.0 Å². The maximum absolute atomic E-state index is 5.63. The number of hydrogen-bond acceptors (Lipinski definition) is 5. The standard InChI is InChI=1S/C20H21NO4/c1-21-9-15-12-6-18(23-3)17(22-2)5-11(12)4-16(21)14-8-20-19(7-13(14)15)24-10-25-20/h5-8,15-16H,4,9-10H2,1-3H3/t15-,16?/m0/s1. The van der Waals surface area contributed by atoms with E-state index in [2.05, 4.69) is 36.2 Å². The van der Waals surface area contributed by atoms with Gasteiger partial charge in [0.2, 0.25) is 6.79 Å². The summed E-state index contributed by atoms with van der Waals surface area (Å²) in [5, 5.41) is 0. The Labute approximate surface area is 147 Å². The van der Waals surface area contributed by atoms with Crippen molar-refractivity contribution < 1.29 is 18.9 Å². The lowest BCUT2D eigenvalue weighted by molar-refractivity contribution is 0.174. The van der Waals surface area contributed by atoms with Crippen molar-refractivity contribution in [3.05, 3.63) is 46.5 Å². The topological polar surface area (TPSA) is 40.2 Å². The first-order chi connectivity index (χ1) is 12.2. The van der Waals surface area contributed by atoms with Gasteiger partial charge in [0.05, 0.1) is 14.2 Å². The molecule has 0 N–H and O–H groups in total. The quantitative estimate of drug-likeness (QED) is 0.841. The van der Waals surface area contributed by atoms with Crippen LogP contribution in [0.1, 0.15) is 34.2 Å². The predicted molar refractivity (Wildman–Crippen MR) is 93.0 cm³/mol. The first kappa shape index (κ1) is 14.9. The van der Waals surface area contributed by atoms with Gasteiger partial charge in [-0.3, -0.25) is 4.90 Å². The molecule has 3 heterocycles. The van der Waals surface area contributed by atoms with Gasteiger partial charge in [-0.2, -0.15) is 0 Å². The van der Waals surface area contributed by atoms with Gasteiger partial charge in [-0.25, -0.2) is 0 Å². The normalized spacial score (nSPS) is 23.0. The summed E-state index contributed by atoms with van der Waals surface area (Å²) in [6, 6.07) is 8.97. The van der Waals surface area contributed by atoms with Crippen molar-refractivity contribution in [2.24, 2.45) is 0 Å². The molecule has 0 saturated heterocycles. The van der Waals surface area contributed by atoms with Crippen LogP contribution in [0.2, 0.25) is 0 Å². The van der Waals surface area contributed by atoms with Gasteiger partial charge >= 0.3 is 0 Å². The first-order valence-electron chi connectivity index (χ1n) is 8.58. The van der Waals surface area contributed by atoms with Crippen LogP contribution in [0.25, 0.3) is 0 Å². The van der Waals surface area contributed by atoms with Crippen molar-refractivity contribution >= 4 is 0 Å². The fraction of sp³-hybridized carbons (Fsp3) is 0.400. The Morgan fingerprint density at radius 2 is 1.60 bits per heavy atom. The predicted octanol–water partition coefficient (Wildman–Crippen LogP) is 3.11. The van der Waals surface area contributed by atoms with E-state index in [0.29, 0.717) is 18.8 Å². The minimum Gasteiger partial charge on any atom is -0.493 e. The second kappa shape index (κ2) is 5.30. The minimum absolute atomic E-state index is 0.294. The third kappa shape index (κ3) is 2.05. The molecule has 1 aliphatic carbocycles. The highest BCUT2D eigenvalue weighted by atomic mass is 16.7. The molecule has 5 heteroatoms. The number of methoxy groups -OCH3 is 2. The van der Waals surface area contributed by atoms with Gasteiger partial charge in [-0.15, -0.1) is 0 Å². The molecule has 3 aliphatic heterocycles. The van der Waals surface area contributed by atoms with Crippen LogP contribution in [0.3, 0.4) is 0 Å². The SMILES string of the molecule is COc1cc2c(cc1OC)[C@@H]1CN(C)C(C2)c2cc3c(cc21)OCO3. The number of nitrogens with zero attached hydrogens (tertiary/aromatic N) is 1. The first-order valence-corrected chi connectivity index (χ1v) is 8.58. The number of fused-ring (bicyclic) bond motifs is 2. The van der Waals surface area contributed by atoms with Gasteiger partial charge in [-0.1, -0.05) is 0 Å². The molecular formula is C20H21NO4. The summed E-state index contributed by atoms with van der Waals surface area (Å²) in [5.74, 6) is 3.60. The van der Waals surface area contributed by atoms with E-state index in [9.17, 15) is 0 Å². The zero-order valence-electron chi connectivity index (χ0n) is 14.7. The van der Waals surface area contributed by atoms with Gasteiger partial charge in [0.1, 0.15) is 0 Å². The van der Waals surface area contributed by atoms with Crippen molar-refractivity contribution in [2.45, 2.75) is 18.4 Å². The Kier molecular flexibility index (Phi) is 3.16. The van der Waals surface area contributed by atoms with E-state index in [4.69, 9.17) is 18.9 Å². The smallest absolute Gasteiger partial charge is 0.231 e. The molecule has 130 valence electrons. The monoisotopic (exact) mass is 339 g/mol. The minimum atomic E-state index is 0.294. The van der Waals surface area contributed by atoms with Gasteiger partial charge < -0.3 is 18.9 Å². The summed E-state index contributed by atoms with van der Waals surface area (Å²) in [6.07, 6.45) is 0.954. The molecule has 0 amide bonds. The molecule has 5 nitrogen and oxygen atoms in total. The van der Waals surface area contributed by atoms with Crippen LogP contribution >= 0.6 is 0 Å². The molecule has 4 aliphatic rings. The molecule has 1 unspecified atom stereocenters. The van der Waals surface area contributed by atoms with Crippen LogP contribution in [0.4, 0.5) is 0 Å².